The fourth-order valence-corrected chi connectivity index (χ4v) is 4.74. The van der Waals surface area contributed by atoms with E-state index in [0.29, 0.717) is 6.42 Å². The lowest BCUT2D eigenvalue weighted by Crippen LogP contribution is -2.42. The number of aliphatic hydroxyl groups excluding tert-OH is 1. The standard InChI is InChI=1S/C31H32FN7O9/c1-5-7-21-25(9-8-20(18(4)41)27(21)43)48-28-22(32)13-17(3)26(29(28)47-11-6-10-40)37-35-31(30(33)44)38(36-37)34-15-19-12-16(2)23(39(45)46)14-24(19)42/h8-9,12-14,36,40H,5-7,10-11H2,1-4H3,(H3,33,41,43,44)/p+1. The third kappa shape index (κ3) is 7.19. The molecular formula is C31H33FN7O9+. The van der Waals surface area contributed by atoms with Crippen LogP contribution in [0.4, 0.5) is 15.8 Å². The van der Waals surface area contributed by atoms with Crippen molar-refractivity contribution in [3.63, 3.8) is 0 Å². The number of nitro benzene ring substituents is 1. The van der Waals surface area contributed by atoms with E-state index in [1.807, 2.05) is 6.92 Å². The first kappa shape index (κ1) is 34.9. The average molecular weight is 667 g/mol. The number of hydrogen-bond donors (Lipinski definition) is 5. The van der Waals surface area contributed by atoms with Crippen LogP contribution in [0, 0.1) is 35.8 Å². The number of rotatable bonds is 12. The fourth-order valence-electron chi connectivity index (χ4n) is 4.74. The van der Waals surface area contributed by atoms with Crippen molar-refractivity contribution in [2.24, 2.45) is 10.8 Å². The molecule has 1 amide bonds. The van der Waals surface area contributed by atoms with Crippen molar-refractivity contribution in [3.8, 4) is 34.8 Å². The summed E-state index contributed by atoms with van der Waals surface area (Å²) in [5.74, 6) is -4.16. The summed E-state index contributed by atoms with van der Waals surface area (Å²) in [7, 11) is 0. The fraction of sp³-hybridized carbons (Fsp3) is 0.290. The quantitative estimate of drug-likeness (QED) is 0.0799. The topological polar surface area (TPSA) is 218 Å². The number of phenolic OH excluding ortho intramolecular Hbond substituents is 2. The molecule has 0 aliphatic carbocycles. The van der Waals surface area contributed by atoms with Gasteiger partial charge in [-0.3, -0.25) is 19.7 Å². The number of carbonyl (C=O) groups excluding carboxylic acids is 2. The number of benzene rings is 3. The lowest BCUT2D eigenvalue weighted by molar-refractivity contribution is -0.385. The number of aliphatic hydroxyl groups is 1. The number of nitrogens with two attached hydrogens (primary N) is 1. The molecule has 1 aliphatic heterocycles. The SMILES string of the molecule is CCCc1c(Oc2c(F)cc(C)c(N3N=C(C(N)=O)N([N+]#Cc4cc(C)c([N+](=O)[O-])cc4O)N3)c2OCCCO)ccc(C(C)=O)c1O. The van der Waals surface area contributed by atoms with Crippen molar-refractivity contribution in [3.05, 3.63) is 79.0 Å². The van der Waals surface area contributed by atoms with Crippen LogP contribution in [0.5, 0.6) is 28.7 Å². The zero-order chi connectivity index (χ0) is 35.3. The number of ether oxygens (including phenoxy) is 2. The Kier molecular flexibility index (Phi) is 10.6. The molecule has 0 atom stereocenters. The second-order valence-electron chi connectivity index (χ2n) is 10.6. The van der Waals surface area contributed by atoms with Gasteiger partial charge < -0.3 is 30.5 Å². The van der Waals surface area contributed by atoms with E-state index in [4.69, 9.17) is 15.2 Å². The number of aryl methyl sites for hydroxylation is 2. The predicted molar refractivity (Wildman–Crippen MR) is 170 cm³/mol. The molecular weight excluding hydrogens is 633 g/mol. The van der Waals surface area contributed by atoms with E-state index in [1.165, 1.54) is 39.0 Å². The third-order valence-corrected chi connectivity index (χ3v) is 7.03. The maximum absolute atomic E-state index is 15.7. The van der Waals surface area contributed by atoms with Gasteiger partial charge >= 0.3 is 11.9 Å². The van der Waals surface area contributed by atoms with Crippen LogP contribution in [0.25, 0.3) is 4.95 Å². The summed E-state index contributed by atoms with van der Waals surface area (Å²) in [4.78, 5) is 39.0. The smallest absolute Gasteiger partial charge is 0.363 e. The highest BCUT2D eigenvalue weighted by atomic mass is 19.1. The summed E-state index contributed by atoms with van der Waals surface area (Å²) in [6, 6.07) is 8.58. The van der Waals surface area contributed by atoms with Crippen molar-refractivity contribution in [2.75, 3.05) is 18.3 Å². The molecule has 0 fully saturated rings. The normalized spacial score (nSPS) is 12.3. The molecule has 0 unspecified atom stereocenters. The summed E-state index contributed by atoms with van der Waals surface area (Å²) >= 11 is 0. The van der Waals surface area contributed by atoms with Gasteiger partial charge in [0.2, 0.25) is 5.75 Å². The second kappa shape index (κ2) is 14.6. The van der Waals surface area contributed by atoms with Gasteiger partial charge in [-0.15, -0.1) is 5.10 Å². The van der Waals surface area contributed by atoms with E-state index < -0.39 is 34.0 Å². The van der Waals surface area contributed by atoms with Crippen molar-refractivity contribution in [2.45, 2.75) is 47.0 Å². The molecule has 3 aromatic rings. The Hall–Kier alpha value is -5.99. The number of primary amides is 1. The zero-order valence-corrected chi connectivity index (χ0v) is 26.4. The van der Waals surface area contributed by atoms with Crippen LogP contribution >= 0.6 is 0 Å². The van der Waals surface area contributed by atoms with Crippen LogP contribution in [0.1, 0.15) is 59.3 Å². The average Bonchev–Trinajstić information content (AvgIpc) is 3.44. The predicted octanol–water partition coefficient (Wildman–Crippen LogP) is 4.11. The number of nitro groups is 1. The van der Waals surface area contributed by atoms with Crippen molar-refractivity contribution < 1.29 is 43.7 Å². The number of carbonyl (C=O) groups is 2. The minimum atomic E-state index is -1.05. The van der Waals surface area contributed by atoms with Gasteiger partial charge in [-0.25, -0.2) is 4.39 Å². The lowest BCUT2D eigenvalue weighted by atomic mass is 10.0. The number of halogens is 1. The van der Waals surface area contributed by atoms with Gasteiger partial charge in [0.25, 0.3) is 11.6 Å². The minimum Gasteiger partial charge on any atom is -0.507 e. The molecule has 3 aromatic carbocycles. The highest BCUT2D eigenvalue weighted by Gasteiger charge is 2.38. The third-order valence-electron chi connectivity index (χ3n) is 7.03. The van der Waals surface area contributed by atoms with Gasteiger partial charge in [0.15, 0.2) is 17.3 Å². The Morgan fingerprint density at radius 3 is 2.54 bits per heavy atom. The number of hydrogen-bond acceptors (Lipinski definition) is 13. The molecule has 0 saturated heterocycles. The van der Waals surface area contributed by atoms with Crippen molar-refractivity contribution in [1.82, 2.24) is 10.7 Å². The molecule has 16 nitrogen and oxygen atoms in total. The molecule has 17 heteroatoms. The molecule has 0 spiro atoms. The van der Waals surface area contributed by atoms with Crippen LogP contribution in [0.3, 0.4) is 0 Å². The van der Waals surface area contributed by atoms with E-state index in [2.05, 4.69) is 21.7 Å². The summed E-state index contributed by atoms with van der Waals surface area (Å²) in [5.41, 5.74) is 8.66. The van der Waals surface area contributed by atoms with Crippen molar-refractivity contribution in [1.29, 1.82) is 0 Å². The van der Waals surface area contributed by atoms with Crippen LogP contribution in [0.15, 0.2) is 35.4 Å². The molecule has 0 radical (unpaired) electrons. The molecule has 1 aliphatic rings. The number of nitrogens with zero attached hydrogens (tertiary/aromatic N) is 5. The number of aromatic hydroxyl groups is 2. The first-order valence-electron chi connectivity index (χ1n) is 14.6. The number of amides is 1. The number of hydrazine groups is 2. The Bertz CT molecular complexity index is 1890. The second-order valence-corrected chi connectivity index (χ2v) is 10.6. The number of anilines is 1. The molecule has 4 rings (SSSR count). The van der Waals surface area contributed by atoms with Gasteiger partial charge in [0.05, 0.1) is 28.3 Å². The summed E-state index contributed by atoms with van der Waals surface area (Å²) in [5, 5.41) is 47.7. The van der Waals surface area contributed by atoms with Gasteiger partial charge in [-0.2, -0.15) is 5.12 Å². The van der Waals surface area contributed by atoms with E-state index >= 15 is 4.39 Å². The lowest BCUT2D eigenvalue weighted by Gasteiger charge is -2.23. The highest BCUT2D eigenvalue weighted by molar-refractivity contribution is 6.37. The van der Waals surface area contributed by atoms with Crippen LogP contribution < -0.4 is 25.9 Å². The first-order chi connectivity index (χ1) is 22.8. The molecule has 0 saturated carbocycles. The molecule has 1 heterocycles. The number of ketones is 1. The Morgan fingerprint density at radius 2 is 1.92 bits per heavy atom. The summed E-state index contributed by atoms with van der Waals surface area (Å²) < 4.78 is 27.6. The number of nitrogens with one attached hydrogen (secondary N) is 1. The van der Waals surface area contributed by atoms with E-state index in [1.54, 1.807) is 0 Å². The van der Waals surface area contributed by atoms with Gasteiger partial charge in [-0.05, 0) is 57.0 Å². The summed E-state index contributed by atoms with van der Waals surface area (Å²) in [6.45, 7) is 5.77. The summed E-state index contributed by atoms with van der Waals surface area (Å²) in [6.07, 6.45) is 0.993. The van der Waals surface area contributed by atoms with Crippen molar-refractivity contribution >= 4 is 28.9 Å². The molecule has 6 N–H and O–H groups in total. The number of hydrazone groups is 1. The number of Topliss-reactive ketones (excluding diaryl/α,β-unsaturated/α-hetero) is 1. The molecule has 252 valence electrons. The largest absolute Gasteiger partial charge is 0.507 e. The Morgan fingerprint density at radius 1 is 1.19 bits per heavy atom. The van der Waals surface area contributed by atoms with Gasteiger partial charge in [0, 0.05) is 24.2 Å². The molecule has 0 bridgehead atoms. The minimum absolute atomic E-state index is 0.0384. The molecule has 48 heavy (non-hydrogen) atoms. The van der Waals surface area contributed by atoms with E-state index in [9.17, 15) is 35.0 Å². The maximum Gasteiger partial charge on any atom is 0.363 e. The Balaban J connectivity index is 1.81. The van der Waals surface area contributed by atoms with Crippen LogP contribution in [0.2, 0.25) is 0 Å². The van der Waals surface area contributed by atoms with E-state index in [-0.39, 0.29) is 88.3 Å². The van der Waals surface area contributed by atoms with Crippen LogP contribution in [-0.2, 0) is 11.2 Å². The van der Waals surface area contributed by atoms with E-state index in [0.717, 1.165) is 22.4 Å². The first-order valence-corrected chi connectivity index (χ1v) is 14.6. The number of phenols is 2. The monoisotopic (exact) mass is 666 g/mol. The van der Waals surface area contributed by atoms with Gasteiger partial charge in [-0.1, -0.05) is 18.9 Å². The maximum atomic E-state index is 15.7. The Labute approximate surface area is 273 Å². The molecule has 0 aromatic heterocycles. The highest BCUT2D eigenvalue weighted by Crippen LogP contribution is 2.46. The van der Waals surface area contributed by atoms with Crippen LogP contribution in [-0.4, -0.2) is 56.1 Å². The number of amidine groups is 1. The zero-order valence-electron chi connectivity index (χ0n) is 26.4. The van der Waals surface area contributed by atoms with Gasteiger partial charge in [0.1, 0.15) is 33.5 Å².